The van der Waals surface area contributed by atoms with Gasteiger partial charge in [0.1, 0.15) is 0 Å². The molecular weight excluding hydrogens is 206 g/mol. The Hall–Kier alpha value is -0.800. The molecule has 1 rings (SSSR count). The van der Waals surface area contributed by atoms with Crippen LogP contribution in [0.15, 0.2) is 30.3 Å². The minimum atomic E-state index is 0.194. The van der Waals surface area contributed by atoms with Crippen LogP contribution in [0.5, 0.6) is 0 Å². The first-order valence-electron chi connectivity index (χ1n) is 4.99. The molecule has 0 spiro atoms. The van der Waals surface area contributed by atoms with E-state index >= 15 is 0 Å². The highest BCUT2D eigenvalue weighted by Crippen LogP contribution is 2.01. The summed E-state index contributed by atoms with van der Waals surface area (Å²) in [5.74, 6) is 1.26. The van der Waals surface area contributed by atoms with E-state index in [1.807, 2.05) is 37.4 Å². The first kappa shape index (κ1) is 12.3. The first-order valence-corrected chi connectivity index (χ1v) is 6.39. The number of nitrogens with zero attached hydrogens (tertiary/aromatic N) is 1. The van der Waals surface area contributed by atoms with Crippen molar-refractivity contribution in [3.63, 3.8) is 0 Å². The number of likely N-dealkylation sites (N-methyl/N-ethyl adjacent to an activating group) is 1. The lowest BCUT2D eigenvalue weighted by Crippen LogP contribution is -2.28. The Morgan fingerprint density at radius 3 is 2.60 bits per heavy atom. The molecule has 0 heterocycles. The van der Waals surface area contributed by atoms with Crippen LogP contribution >= 0.6 is 11.8 Å². The van der Waals surface area contributed by atoms with Crippen LogP contribution in [0.3, 0.4) is 0 Å². The third kappa shape index (κ3) is 4.49. The predicted molar refractivity (Wildman–Crippen MR) is 66.7 cm³/mol. The summed E-state index contributed by atoms with van der Waals surface area (Å²) in [6.45, 7) is 1.46. The SMILES string of the molecule is CSCCN(C)CC(=O)c1ccccc1. The molecule has 82 valence electrons. The maximum Gasteiger partial charge on any atom is 0.176 e. The van der Waals surface area contributed by atoms with Crippen molar-refractivity contribution in [3.05, 3.63) is 35.9 Å². The molecule has 0 unspecified atom stereocenters. The highest BCUT2D eigenvalue weighted by atomic mass is 32.2. The van der Waals surface area contributed by atoms with Gasteiger partial charge in [-0.05, 0) is 13.3 Å². The van der Waals surface area contributed by atoms with Gasteiger partial charge in [0.25, 0.3) is 0 Å². The van der Waals surface area contributed by atoms with Crippen LogP contribution < -0.4 is 0 Å². The number of hydrogen-bond acceptors (Lipinski definition) is 3. The van der Waals surface area contributed by atoms with Crippen LogP contribution in [-0.4, -0.2) is 42.8 Å². The van der Waals surface area contributed by atoms with Crippen molar-refractivity contribution in [2.45, 2.75) is 0 Å². The van der Waals surface area contributed by atoms with Crippen molar-refractivity contribution >= 4 is 17.5 Å². The second-order valence-electron chi connectivity index (χ2n) is 3.52. The van der Waals surface area contributed by atoms with Crippen molar-refractivity contribution in [2.24, 2.45) is 0 Å². The Morgan fingerprint density at radius 2 is 2.00 bits per heavy atom. The maximum atomic E-state index is 11.8. The predicted octanol–water partition coefficient (Wildman–Crippen LogP) is 2.16. The molecule has 0 amide bonds. The van der Waals surface area contributed by atoms with Gasteiger partial charge in [0, 0.05) is 17.9 Å². The number of ketones is 1. The van der Waals surface area contributed by atoms with Gasteiger partial charge in [0.2, 0.25) is 0 Å². The molecule has 0 aliphatic rings. The monoisotopic (exact) mass is 223 g/mol. The van der Waals surface area contributed by atoms with Crippen LogP contribution in [-0.2, 0) is 0 Å². The van der Waals surface area contributed by atoms with Gasteiger partial charge in [-0.3, -0.25) is 9.69 Å². The van der Waals surface area contributed by atoms with E-state index in [0.29, 0.717) is 6.54 Å². The summed E-state index contributed by atoms with van der Waals surface area (Å²) in [4.78, 5) is 13.8. The Balaban J connectivity index is 2.42. The summed E-state index contributed by atoms with van der Waals surface area (Å²) in [7, 11) is 1.98. The summed E-state index contributed by atoms with van der Waals surface area (Å²) in [5.41, 5.74) is 0.800. The van der Waals surface area contributed by atoms with E-state index in [-0.39, 0.29) is 5.78 Å². The van der Waals surface area contributed by atoms with Crippen molar-refractivity contribution < 1.29 is 4.79 Å². The number of carbonyl (C=O) groups excluding carboxylic acids is 1. The quantitative estimate of drug-likeness (QED) is 0.689. The average Bonchev–Trinajstić information content (AvgIpc) is 2.27. The third-order valence-electron chi connectivity index (χ3n) is 2.19. The highest BCUT2D eigenvalue weighted by Gasteiger charge is 2.07. The molecule has 0 saturated heterocycles. The smallest absolute Gasteiger partial charge is 0.176 e. The Bertz CT molecular complexity index is 300. The fourth-order valence-electron chi connectivity index (χ4n) is 1.29. The van der Waals surface area contributed by atoms with Crippen molar-refractivity contribution in [1.29, 1.82) is 0 Å². The Kier molecular flexibility index (Phi) is 5.43. The van der Waals surface area contributed by atoms with Gasteiger partial charge in [-0.15, -0.1) is 0 Å². The van der Waals surface area contributed by atoms with E-state index in [1.165, 1.54) is 0 Å². The zero-order valence-electron chi connectivity index (χ0n) is 9.27. The molecule has 0 radical (unpaired) electrons. The van der Waals surface area contributed by atoms with E-state index in [4.69, 9.17) is 0 Å². The summed E-state index contributed by atoms with van der Waals surface area (Å²) >= 11 is 1.80. The fraction of sp³-hybridized carbons (Fsp3) is 0.417. The van der Waals surface area contributed by atoms with E-state index in [1.54, 1.807) is 11.8 Å². The Labute approximate surface area is 95.7 Å². The van der Waals surface area contributed by atoms with Gasteiger partial charge in [0.05, 0.1) is 6.54 Å². The van der Waals surface area contributed by atoms with Crippen LogP contribution in [0, 0.1) is 0 Å². The van der Waals surface area contributed by atoms with Gasteiger partial charge in [0.15, 0.2) is 5.78 Å². The normalized spacial score (nSPS) is 10.6. The number of thioether (sulfide) groups is 1. The topological polar surface area (TPSA) is 20.3 Å². The molecule has 0 atom stereocenters. The van der Waals surface area contributed by atoms with Crippen molar-refractivity contribution in [2.75, 3.05) is 32.1 Å². The standard InChI is InChI=1S/C12H17NOS/c1-13(8-9-15-2)10-12(14)11-6-4-3-5-7-11/h3-7H,8-10H2,1-2H3. The van der Waals surface area contributed by atoms with Gasteiger partial charge in [-0.2, -0.15) is 11.8 Å². The van der Waals surface area contributed by atoms with E-state index in [2.05, 4.69) is 11.2 Å². The number of carbonyl (C=O) groups is 1. The zero-order valence-corrected chi connectivity index (χ0v) is 10.1. The van der Waals surface area contributed by atoms with Gasteiger partial charge < -0.3 is 0 Å². The van der Waals surface area contributed by atoms with Gasteiger partial charge >= 0.3 is 0 Å². The van der Waals surface area contributed by atoms with Crippen LogP contribution in [0.1, 0.15) is 10.4 Å². The minimum Gasteiger partial charge on any atom is -0.298 e. The fourth-order valence-corrected chi connectivity index (χ4v) is 1.78. The molecule has 0 aromatic heterocycles. The van der Waals surface area contributed by atoms with Crippen LogP contribution in [0.25, 0.3) is 0 Å². The molecule has 3 heteroatoms. The van der Waals surface area contributed by atoms with Crippen LogP contribution in [0.2, 0.25) is 0 Å². The lowest BCUT2D eigenvalue weighted by Gasteiger charge is -2.14. The van der Waals surface area contributed by atoms with E-state index < -0.39 is 0 Å². The van der Waals surface area contributed by atoms with Crippen molar-refractivity contribution in [1.82, 2.24) is 4.90 Å². The van der Waals surface area contributed by atoms with E-state index in [9.17, 15) is 4.79 Å². The summed E-state index contributed by atoms with van der Waals surface area (Å²) in [6.07, 6.45) is 2.08. The third-order valence-corrected chi connectivity index (χ3v) is 2.78. The van der Waals surface area contributed by atoms with E-state index in [0.717, 1.165) is 17.9 Å². The second kappa shape index (κ2) is 6.64. The molecule has 0 aliphatic heterocycles. The highest BCUT2D eigenvalue weighted by molar-refractivity contribution is 7.98. The average molecular weight is 223 g/mol. The summed E-state index contributed by atoms with van der Waals surface area (Å²) in [5, 5.41) is 0. The lowest BCUT2D eigenvalue weighted by molar-refractivity contribution is 0.0949. The maximum absolute atomic E-state index is 11.8. The first-order chi connectivity index (χ1) is 7.24. The molecule has 2 nitrogen and oxygen atoms in total. The molecular formula is C12H17NOS. The van der Waals surface area contributed by atoms with Crippen molar-refractivity contribution in [3.8, 4) is 0 Å². The number of Topliss-reactive ketones (excluding diaryl/α,β-unsaturated/α-hetero) is 1. The molecule has 1 aromatic rings. The van der Waals surface area contributed by atoms with Gasteiger partial charge in [-0.1, -0.05) is 30.3 Å². The molecule has 0 fully saturated rings. The lowest BCUT2D eigenvalue weighted by atomic mass is 10.1. The number of benzene rings is 1. The summed E-state index contributed by atoms with van der Waals surface area (Å²) < 4.78 is 0. The van der Waals surface area contributed by atoms with Gasteiger partial charge in [-0.25, -0.2) is 0 Å². The second-order valence-corrected chi connectivity index (χ2v) is 4.51. The van der Waals surface area contributed by atoms with Crippen LogP contribution in [0.4, 0.5) is 0 Å². The minimum absolute atomic E-state index is 0.194. The molecule has 0 aliphatic carbocycles. The number of rotatable bonds is 6. The number of hydrogen-bond donors (Lipinski definition) is 0. The largest absolute Gasteiger partial charge is 0.298 e. The molecule has 15 heavy (non-hydrogen) atoms. The molecule has 1 aromatic carbocycles. The molecule has 0 bridgehead atoms. The molecule has 0 saturated carbocycles. The summed E-state index contributed by atoms with van der Waals surface area (Å²) in [6, 6.07) is 9.45. The molecule has 0 N–H and O–H groups in total. The Morgan fingerprint density at radius 1 is 1.33 bits per heavy atom. The zero-order chi connectivity index (χ0) is 11.1.